The highest BCUT2D eigenvalue weighted by Crippen LogP contribution is 2.22. The topological polar surface area (TPSA) is 82.9 Å². The van der Waals surface area contributed by atoms with Crippen molar-refractivity contribution in [2.24, 2.45) is 0 Å². The summed E-state index contributed by atoms with van der Waals surface area (Å²) < 4.78 is 27.5. The molecule has 2 rings (SSSR count). The van der Waals surface area contributed by atoms with Crippen molar-refractivity contribution in [2.45, 2.75) is 11.8 Å². The zero-order valence-electron chi connectivity index (χ0n) is 10.5. The van der Waals surface area contributed by atoms with Crippen LogP contribution in [0.1, 0.15) is 11.1 Å². The van der Waals surface area contributed by atoms with E-state index in [9.17, 15) is 8.42 Å². The summed E-state index contributed by atoms with van der Waals surface area (Å²) >= 11 is 3.18. The van der Waals surface area contributed by atoms with Gasteiger partial charge in [-0.25, -0.2) is 8.42 Å². The molecule has 0 spiro atoms. The molecule has 20 heavy (non-hydrogen) atoms. The monoisotopic (exact) mass is 351 g/mol. The van der Waals surface area contributed by atoms with Gasteiger partial charge in [0, 0.05) is 16.9 Å². The van der Waals surface area contributed by atoms with Gasteiger partial charge in [0.25, 0.3) is 10.0 Å². The Morgan fingerprint density at radius 1 is 1.30 bits per heavy atom. The van der Waals surface area contributed by atoms with E-state index in [4.69, 9.17) is 5.26 Å². The molecule has 0 aliphatic rings. The maximum absolute atomic E-state index is 12.3. The summed E-state index contributed by atoms with van der Waals surface area (Å²) in [5.74, 6) is 0. The number of pyridine rings is 1. The zero-order valence-corrected chi connectivity index (χ0v) is 12.9. The van der Waals surface area contributed by atoms with E-state index < -0.39 is 10.0 Å². The maximum atomic E-state index is 12.3. The minimum Gasteiger partial charge on any atom is -0.279 e. The standard InChI is InChI=1S/C13H10BrN3O2S/c1-9-2-3-10(6-15)4-13(9)17-20(18,19)12-5-11(14)7-16-8-12/h2-5,7-8,17H,1H3. The number of aromatic nitrogens is 1. The number of sulfonamides is 1. The SMILES string of the molecule is Cc1ccc(C#N)cc1NS(=O)(=O)c1cncc(Br)c1. The van der Waals surface area contributed by atoms with Gasteiger partial charge in [-0.3, -0.25) is 9.71 Å². The first-order valence-electron chi connectivity index (χ1n) is 5.56. The number of hydrogen-bond acceptors (Lipinski definition) is 4. The molecule has 0 saturated heterocycles. The molecule has 0 radical (unpaired) electrons. The Balaban J connectivity index is 2.41. The Kier molecular flexibility index (Phi) is 4.06. The molecule has 7 heteroatoms. The molecular weight excluding hydrogens is 342 g/mol. The predicted molar refractivity (Wildman–Crippen MR) is 78.6 cm³/mol. The van der Waals surface area contributed by atoms with E-state index in [0.29, 0.717) is 15.7 Å². The van der Waals surface area contributed by atoms with Crippen LogP contribution in [-0.4, -0.2) is 13.4 Å². The summed E-state index contributed by atoms with van der Waals surface area (Å²) in [4.78, 5) is 3.88. The van der Waals surface area contributed by atoms with E-state index in [1.165, 1.54) is 24.5 Å². The third-order valence-corrected chi connectivity index (χ3v) is 4.37. The van der Waals surface area contributed by atoms with Crippen LogP contribution in [-0.2, 0) is 10.0 Å². The fourth-order valence-corrected chi connectivity index (χ4v) is 3.17. The summed E-state index contributed by atoms with van der Waals surface area (Å²) in [6.45, 7) is 1.76. The molecule has 0 atom stereocenters. The Morgan fingerprint density at radius 2 is 2.05 bits per heavy atom. The number of nitriles is 1. The number of nitrogens with one attached hydrogen (secondary N) is 1. The number of rotatable bonds is 3. The van der Waals surface area contributed by atoms with Gasteiger partial charge >= 0.3 is 0 Å². The molecule has 0 aliphatic carbocycles. The van der Waals surface area contributed by atoms with E-state index in [2.05, 4.69) is 25.6 Å². The van der Waals surface area contributed by atoms with Crippen molar-refractivity contribution in [2.75, 3.05) is 4.72 Å². The minimum absolute atomic E-state index is 0.0497. The van der Waals surface area contributed by atoms with E-state index in [1.807, 2.05) is 6.07 Å². The molecule has 0 unspecified atom stereocenters. The quantitative estimate of drug-likeness (QED) is 0.921. The van der Waals surface area contributed by atoms with Crippen LogP contribution in [0.3, 0.4) is 0 Å². The second kappa shape index (κ2) is 5.61. The molecule has 0 saturated carbocycles. The molecule has 1 N–H and O–H groups in total. The predicted octanol–water partition coefficient (Wildman–Crippen LogP) is 2.83. The molecule has 1 aromatic heterocycles. The Hall–Kier alpha value is -1.91. The first kappa shape index (κ1) is 14.5. The van der Waals surface area contributed by atoms with Crippen molar-refractivity contribution in [3.05, 3.63) is 52.3 Å². The number of benzene rings is 1. The summed E-state index contributed by atoms with van der Waals surface area (Å²) in [5, 5.41) is 8.86. The number of anilines is 1. The highest BCUT2D eigenvalue weighted by atomic mass is 79.9. The van der Waals surface area contributed by atoms with Crippen LogP contribution in [0, 0.1) is 18.3 Å². The van der Waals surface area contributed by atoms with Crippen molar-refractivity contribution >= 4 is 31.6 Å². The first-order chi connectivity index (χ1) is 9.42. The van der Waals surface area contributed by atoms with Gasteiger partial charge in [-0.15, -0.1) is 0 Å². The van der Waals surface area contributed by atoms with Crippen LogP contribution < -0.4 is 4.72 Å². The lowest BCUT2D eigenvalue weighted by Crippen LogP contribution is -2.14. The van der Waals surface area contributed by atoms with Crippen LogP contribution >= 0.6 is 15.9 Å². The second-order valence-corrected chi connectivity index (χ2v) is 6.68. The number of aryl methyl sites for hydroxylation is 1. The van der Waals surface area contributed by atoms with Gasteiger partial charge in [-0.05, 0) is 46.6 Å². The van der Waals surface area contributed by atoms with Crippen molar-refractivity contribution in [3.63, 3.8) is 0 Å². The summed E-state index contributed by atoms with van der Waals surface area (Å²) in [7, 11) is -3.74. The molecule has 1 aromatic carbocycles. The number of nitrogens with zero attached hydrogens (tertiary/aromatic N) is 2. The zero-order chi connectivity index (χ0) is 14.8. The van der Waals surface area contributed by atoms with Gasteiger partial charge in [0.05, 0.1) is 17.3 Å². The fourth-order valence-electron chi connectivity index (χ4n) is 1.54. The van der Waals surface area contributed by atoms with Gasteiger partial charge in [-0.2, -0.15) is 5.26 Å². The van der Waals surface area contributed by atoms with Gasteiger partial charge in [0.15, 0.2) is 0 Å². The van der Waals surface area contributed by atoms with Gasteiger partial charge in [0.1, 0.15) is 4.90 Å². The molecule has 0 fully saturated rings. The summed E-state index contributed by atoms with van der Waals surface area (Å²) in [6, 6.07) is 8.25. The average Bonchev–Trinajstić information content (AvgIpc) is 2.41. The lowest BCUT2D eigenvalue weighted by atomic mass is 10.1. The third-order valence-electron chi connectivity index (χ3n) is 2.60. The molecule has 5 nitrogen and oxygen atoms in total. The molecule has 0 amide bonds. The third kappa shape index (κ3) is 3.15. The van der Waals surface area contributed by atoms with E-state index in [1.54, 1.807) is 19.1 Å². The normalized spacial score (nSPS) is 10.8. The first-order valence-corrected chi connectivity index (χ1v) is 7.84. The number of halogens is 1. The Labute approximate surface area is 125 Å². The largest absolute Gasteiger partial charge is 0.279 e. The highest BCUT2D eigenvalue weighted by molar-refractivity contribution is 9.10. The van der Waals surface area contributed by atoms with E-state index in [0.717, 1.165) is 5.56 Å². The van der Waals surface area contributed by atoms with Crippen LogP contribution in [0.4, 0.5) is 5.69 Å². The van der Waals surface area contributed by atoms with Crippen LogP contribution in [0.25, 0.3) is 0 Å². The van der Waals surface area contributed by atoms with Crippen LogP contribution in [0.5, 0.6) is 0 Å². The molecule has 1 heterocycles. The van der Waals surface area contributed by atoms with Crippen molar-refractivity contribution < 1.29 is 8.42 Å². The molecule has 2 aromatic rings. The number of hydrogen-bond donors (Lipinski definition) is 1. The minimum atomic E-state index is -3.74. The van der Waals surface area contributed by atoms with E-state index >= 15 is 0 Å². The van der Waals surface area contributed by atoms with Crippen molar-refractivity contribution in [3.8, 4) is 6.07 Å². The fraction of sp³-hybridized carbons (Fsp3) is 0.0769. The average molecular weight is 352 g/mol. The van der Waals surface area contributed by atoms with Crippen molar-refractivity contribution in [1.29, 1.82) is 5.26 Å². The molecule has 0 aliphatic heterocycles. The van der Waals surface area contributed by atoms with Crippen LogP contribution in [0.15, 0.2) is 46.0 Å². The van der Waals surface area contributed by atoms with Crippen molar-refractivity contribution in [1.82, 2.24) is 4.98 Å². The summed E-state index contributed by atoms with van der Waals surface area (Å²) in [6.07, 6.45) is 2.76. The van der Waals surface area contributed by atoms with Gasteiger partial charge in [0.2, 0.25) is 0 Å². The van der Waals surface area contributed by atoms with E-state index in [-0.39, 0.29) is 4.90 Å². The molecular formula is C13H10BrN3O2S. The maximum Gasteiger partial charge on any atom is 0.263 e. The smallest absolute Gasteiger partial charge is 0.263 e. The second-order valence-electron chi connectivity index (χ2n) is 4.09. The molecule has 0 bridgehead atoms. The lowest BCUT2D eigenvalue weighted by molar-refractivity contribution is 0.600. The summed E-state index contributed by atoms with van der Waals surface area (Å²) in [5.41, 5.74) is 1.50. The van der Waals surface area contributed by atoms with Gasteiger partial charge in [-0.1, -0.05) is 6.07 Å². The van der Waals surface area contributed by atoms with Gasteiger partial charge < -0.3 is 0 Å². The lowest BCUT2D eigenvalue weighted by Gasteiger charge is -2.10. The van der Waals surface area contributed by atoms with Crippen LogP contribution in [0.2, 0.25) is 0 Å². The highest BCUT2D eigenvalue weighted by Gasteiger charge is 2.16. The Morgan fingerprint density at radius 3 is 2.70 bits per heavy atom. The Bertz CT molecular complexity index is 798. The molecule has 102 valence electrons.